The number of hydrogen-bond acceptors (Lipinski definition) is 2. The number of hydrogen-bond donors (Lipinski definition) is 1. The van der Waals surface area contributed by atoms with Crippen LogP contribution in [-0.2, 0) is 9.59 Å². The van der Waals surface area contributed by atoms with Gasteiger partial charge in [0.25, 0.3) is 0 Å². The van der Waals surface area contributed by atoms with Crippen molar-refractivity contribution in [3.8, 4) is 0 Å². The third-order valence-electron chi connectivity index (χ3n) is 4.22. The third kappa shape index (κ3) is 2.79. The first-order chi connectivity index (χ1) is 8.08. The maximum atomic E-state index is 12.0. The first kappa shape index (κ1) is 12.4. The van der Waals surface area contributed by atoms with Gasteiger partial charge >= 0.3 is 5.97 Å². The fraction of sp³-hybridized carbons (Fsp3) is 0.846. The van der Waals surface area contributed by atoms with Gasteiger partial charge in [-0.1, -0.05) is 19.8 Å². The molecule has 4 nitrogen and oxygen atoms in total. The molecule has 2 atom stereocenters. The highest BCUT2D eigenvalue weighted by molar-refractivity contribution is 5.79. The largest absolute Gasteiger partial charge is 0.481 e. The lowest BCUT2D eigenvalue weighted by Gasteiger charge is -2.18. The zero-order valence-corrected chi connectivity index (χ0v) is 10.4. The number of carbonyl (C=O) groups excluding carboxylic acids is 1. The lowest BCUT2D eigenvalue weighted by molar-refractivity contribution is -0.142. The average molecular weight is 239 g/mol. The lowest BCUT2D eigenvalue weighted by atomic mass is 9.99. The van der Waals surface area contributed by atoms with Gasteiger partial charge in [0.05, 0.1) is 5.92 Å². The van der Waals surface area contributed by atoms with Crippen molar-refractivity contribution in [1.29, 1.82) is 0 Å². The second kappa shape index (κ2) is 5.07. The second-order valence-corrected chi connectivity index (χ2v) is 5.58. The van der Waals surface area contributed by atoms with Crippen molar-refractivity contribution >= 4 is 11.9 Å². The van der Waals surface area contributed by atoms with Gasteiger partial charge in [-0.25, -0.2) is 0 Å². The van der Waals surface area contributed by atoms with Crippen LogP contribution in [0, 0.1) is 17.8 Å². The molecule has 0 bridgehead atoms. The molecule has 0 aromatic carbocycles. The molecule has 0 spiro atoms. The maximum Gasteiger partial charge on any atom is 0.308 e. The smallest absolute Gasteiger partial charge is 0.308 e. The van der Waals surface area contributed by atoms with Gasteiger partial charge in [-0.2, -0.15) is 0 Å². The van der Waals surface area contributed by atoms with E-state index in [0.717, 1.165) is 12.8 Å². The summed E-state index contributed by atoms with van der Waals surface area (Å²) in [5, 5.41) is 9.03. The predicted octanol–water partition coefficient (Wildman–Crippen LogP) is 1.75. The highest BCUT2D eigenvalue weighted by Crippen LogP contribution is 2.30. The Morgan fingerprint density at radius 2 is 1.88 bits per heavy atom. The van der Waals surface area contributed by atoms with Crippen molar-refractivity contribution < 1.29 is 14.7 Å². The fourth-order valence-electron chi connectivity index (χ4n) is 3.08. The SMILES string of the molecule is C[C@@H]1CN(C(=O)CC2CCCC2)C[C@H]1C(=O)O. The van der Waals surface area contributed by atoms with Crippen molar-refractivity contribution in [3.05, 3.63) is 0 Å². The lowest BCUT2D eigenvalue weighted by Crippen LogP contribution is -2.31. The van der Waals surface area contributed by atoms with Crippen LogP contribution in [0.1, 0.15) is 39.0 Å². The molecule has 1 saturated heterocycles. The fourth-order valence-corrected chi connectivity index (χ4v) is 3.08. The van der Waals surface area contributed by atoms with E-state index in [1.165, 1.54) is 12.8 Å². The summed E-state index contributed by atoms with van der Waals surface area (Å²) in [6, 6.07) is 0. The summed E-state index contributed by atoms with van der Waals surface area (Å²) in [6.07, 6.45) is 5.44. The van der Waals surface area contributed by atoms with E-state index in [0.29, 0.717) is 25.4 Å². The van der Waals surface area contributed by atoms with E-state index in [-0.39, 0.29) is 17.7 Å². The number of likely N-dealkylation sites (tertiary alicyclic amines) is 1. The molecule has 96 valence electrons. The van der Waals surface area contributed by atoms with Crippen molar-refractivity contribution in [1.82, 2.24) is 4.90 Å². The van der Waals surface area contributed by atoms with E-state index in [1.807, 2.05) is 6.92 Å². The molecule has 1 aliphatic carbocycles. The van der Waals surface area contributed by atoms with Gasteiger partial charge in [0.15, 0.2) is 0 Å². The van der Waals surface area contributed by atoms with Crippen LogP contribution < -0.4 is 0 Å². The van der Waals surface area contributed by atoms with Crippen molar-refractivity contribution in [2.75, 3.05) is 13.1 Å². The van der Waals surface area contributed by atoms with Crippen LogP contribution in [0.4, 0.5) is 0 Å². The van der Waals surface area contributed by atoms with Crippen LogP contribution in [0.2, 0.25) is 0 Å². The molecule has 1 N–H and O–H groups in total. The average Bonchev–Trinajstić information content (AvgIpc) is 2.86. The Morgan fingerprint density at radius 3 is 2.41 bits per heavy atom. The Morgan fingerprint density at radius 1 is 1.24 bits per heavy atom. The summed E-state index contributed by atoms with van der Waals surface area (Å²) >= 11 is 0. The van der Waals surface area contributed by atoms with Crippen LogP contribution in [0.3, 0.4) is 0 Å². The zero-order chi connectivity index (χ0) is 12.4. The Bertz CT molecular complexity index is 310. The van der Waals surface area contributed by atoms with Crippen LogP contribution >= 0.6 is 0 Å². The van der Waals surface area contributed by atoms with Gasteiger partial charge in [-0.05, 0) is 24.7 Å². The van der Waals surface area contributed by atoms with Gasteiger partial charge in [-0.3, -0.25) is 9.59 Å². The molecule has 2 aliphatic rings. The Kier molecular flexibility index (Phi) is 3.69. The first-order valence-electron chi connectivity index (χ1n) is 6.58. The Hall–Kier alpha value is -1.06. The molecule has 1 amide bonds. The van der Waals surface area contributed by atoms with Crippen molar-refractivity contribution in [3.63, 3.8) is 0 Å². The molecule has 1 saturated carbocycles. The summed E-state index contributed by atoms with van der Waals surface area (Å²) in [7, 11) is 0. The van der Waals surface area contributed by atoms with E-state index in [1.54, 1.807) is 4.90 Å². The number of aliphatic carboxylic acids is 1. The van der Waals surface area contributed by atoms with Crippen LogP contribution in [0.5, 0.6) is 0 Å². The number of nitrogens with zero attached hydrogens (tertiary/aromatic N) is 1. The maximum absolute atomic E-state index is 12.0. The molecule has 0 unspecified atom stereocenters. The summed E-state index contributed by atoms with van der Waals surface area (Å²) in [5.41, 5.74) is 0. The Balaban J connectivity index is 1.86. The standard InChI is InChI=1S/C13H21NO3/c1-9-7-14(8-11(9)13(16)17)12(15)6-10-4-2-3-5-10/h9-11H,2-8H2,1H3,(H,16,17)/t9-,11-/m1/s1. The number of rotatable bonds is 3. The molecule has 17 heavy (non-hydrogen) atoms. The van der Waals surface area contributed by atoms with Crippen LogP contribution in [0.25, 0.3) is 0 Å². The van der Waals surface area contributed by atoms with Gasteiger partial charge in [0.2, 0.25) is 5.91 Å². The predicted molar refractivity (Wildman–Crippen MR) is 63.4 cm³/mol. The summed E-state index contributed by atoms with van der Waals surface area (Å²) < 4.78 is 0. The molecule has 2 fully saturated rings. The van der Waals surface area contributed by atoms with Crippen LogP contribution in [-0.4, -0.2) is 35.0 Å². The molecule has 0 radical (unpaired) electrons. The summed E-state index contributed by atoms with van der Waals surface area (Å²) in [4.78, 5) is 24.8. The first-order valence-corrected chi connectivity index (χ1v) is 6.58. The molecule has 0 aromatic rings. The summed E-state index contributed by atoms with van der Waals surface area (Å²) in [5.74, 6) is -0.356. The Labute approximate surface area is 102 Å². The second-order valence-electron chi connectivity index (χ2n) is 5.58. The number of carboxylic acid groups (broad SMARTS) is 1. The normalized spacial score (nSPS) is 29.8. The molecular formula is C13H21NO3. The number of carboxylic acids is 1. The minimum absolute atomic E-state index is 0.0834. The molecule has 1 aliphatic heterocycles. The van der Waals surface area contributed by atoms with E-state index in [2.05, 4.69) is 0 Å². The van der Waals surface area contributed by atoms with Gasteiger partial charge in [-0.15, -0.1) is 0 Å². The molecule has 4 heteroatoms. The van der Waals surface area contributed by atoms with Crippen molar-refractivity contribution in [2.24, 2.45) is 17.8 Å². The molecular weight excluding hydrogens is 218 g/mol. The monoisotopic (exact) mass is 239 g/mol. The van der Waals surface area contributed by atoms with E-state index < -0.39 is 5.97 Å². The highest BCUT2D eigenvalue weighted by Gasteiger charge is 2.37. The van der Waals surface area contributed by atoms with Gasteiger partial charge in [0.1, 0.15) is 0 Å². The zero-order valence-electron chi connectivity index (χ0n) is 10.4. The summed E-state index contributed by atoms with van der Waals surface area (Å²) in [6.45, 7) is 2.94. The number of amides is 1. The number of carbonyl (C=O) groups is 2. The highest BCUT2D eigenvalue weighted by atomic mass is 16.4. The molecule has 2 rings (SSSR count). The molecule has 0 aromatic heterocycles. The van der Waals surface area contributed by atoms with Crippen LogP contribution in [0.15, 0.2) is 0 Å². The topological polar surface area (TPSA) is 57.6 Å². The van der Waals surface area contributed by atoms with E-state index in [4.69, 9.17) is 5.11 Å². The minimum atomic E-state index is -0.770. The van der Waals surface area contributed by atoms with Gasteiger partial charge in [0, 0.05) is 19.5 Å². The van der Waals surface area contributed by atoms with E-state index >= 15 is 0 Å². The van der Waals surface area contributed by atoms with Gasteiger partial charge < -0.3 is 10.0 Å². The quantitative estimate of drug-likeness (QED) is 0.816. The third-order valence-corrected chi connectivity index (χ3v) is 4.22. The molecule has 1 heterocycles. The van der Waals surface area contributed by atoms with E-state index in [9.17, 15) is 9.59 Å². The minimum Gasteiger partial charge on any atom is -0.481 e. The van der Waals surface area contributed by atoms with Crippen molar-refractivity contribution in [2.45, 2.75) is 39.0 Å².